The maximum absolute atomic E-state index is 12.7. The number of rotatable bonds is 5. The first-order valence-corrected chi connectivity index (χ1v) is 9.17. The Morgan fingerprint density at radius 2 is 1.96 bits per heavy atom. The molecule has 0 radical (unpaired) electrons. The largest absolute Gasteiger partial charge is 0.489 e. The Labute approximate surface area is 154 Å². The first kappa shape index (κ1) is 18.2. The van der Waals surface area contributed by atoms with Crippen LogP contribution in [0.4, 0.5) is 11.5 Å². The van der Waals surface area contributed by atoms with Gasteiger partial charge in [0, 0.05) is 19.2 Å². The first-order chi connectivity index (χ1) is 12.5. The Balaban J connectivity index is 1.75. The topological polar surface area (TPSA) is 67.4 Å². The average molecular weight is 354 g/mol. The number of para-hydroxylation sites is 2. The predicted molar refractivity (Wildman–Crippen MR) is 102 cm³/mol. The monoisotopic (exact) mass is 354 g/mol. The fourth-order valence-corrected chi connectivity index (χ4v) is 2.98. The second-order valence-corrected chi connectivity index (χ2v) is 7.05. The van der Waals surface area contributed by atoms with Gasteiger partial charge in [-0.3, -0.25) is 4.79 Å². The summed E-state index contributed by atoms with van der Waals surface area (Å²) < 4.78 is 5.82. The Kier molecular flexibility index (Phi) is 5.71. The van der Waals surface area contributed by atoms with Crippen molar-refractivity contribution >= 4 is 17.4 Å². The van der Waals surface area contributed by atoms with Gasteiger partial charge in [0.15, 0.2) is 0 Å². The fourth-order valence-electron chi connectivity index (χ4n) is 2.98. The van der Waals surface area contributed by atoms with E-state index >= 15 is 0 Å². The lowest BCUT2D eigenvalue weighted by Crippen LogP contribution is -2.38. The molecule has 0 saturated carbocycles. The second-order valence-electron chi connectivity index (χ2n) is 7.05. The molecule has 2 heterocycles. The summed E-state index contributed by atoms with van der Waals surface area (Å²) in [5.74, 6) is 1.97. The number of carbonyl (C=O) groups excluding carboxylic acids is 1. The normalized spacial score (nSPS) is 15.2. The van der Waals surface area contributed by atoms with Crippen LogP contribution in [0.25, 0.3) is 0 Å². The van der Waals surface area contributed by atoms with Gasteiger partial charge in [-0.25, -0.2) is 9.97 Å². The van der Waals surface area contributed by atoms with E-state index in [2.05, 4.69) is 22.2 Å². The lowest BCUT2D eigenvalue weighted by Gasteiger charge is -2.30. The Hall–Kier alpha value is -2.63. The van der Waals surface area contributed by atoms with E-state index in [0.717, 1.165) is 37.4 Å². The molecule has 1 fully saturated rings. The minimum absolute atomic E-state index is 0.0333. The summed E-state index contributed by atoms with van der Waals surface area (Å²) >= 11 is 0. The van der Waals surface area contributed by atoms with Crippen molar-refractivity contribution in [3.8, 4) is 5.75 Å². The molecular formula is C20H26N4O2. The number of piperidine rings is 1. The number of hydrogen-bond donors (Lipinski definition) is 1. The van der Waals surface area contributed by atoms with E-state index in [-0.39, 0.29) is 12.0 Å². The third kappa shape index (κ3) is 4.50. The standard InChI is InChI=1S/C20H26N4O2/c1-14(2)26-18-7-5-4-6-16(18)23-19-12-17(21-13-22-19)20(25)24-10-8-15(3)9-11-24/h4-7,12-15H,8-11H2,1-3H3,(H,21,22,23). The minimum Gasteiger partial charge on any atom is -0.489 e. The predicted octanol–water partition coefficient (Wildman–Crippen LogP) is 3.88. The molecule has 1 saturated heterocycles. The van der Waals surface area contributed by atoms with Crippen molar-refractivity contribution in [2.24, 2.45) is 5.92 Å². The summed E-state index contributed by atoms with van der Waals surface area (Å²) in [5, 5.41) is 3.24. The highest BCUT2D eigenvalue weighted by molar-refractivity contribution is 5.93. The van der Waals surface area contributed by atoms with Crippen molar-refractivity contribution in [3.05, 3.63) is 42.4 Å². The highest BCUT2D eigenvalue weighted by atomic mass is 16.5. The molecule has 0 atom stereocenters. The van der Waals surface area contributed by atoms with Gasteiger partial charge in [-0.2, -0.15) is 0 Å². The van der Waals surface area contributed by atoms with Crippen LogP contribution < -0.4 is 10.1 Å². The van der Waals surface area contributed by atoms with Gasteiger partial charge in [0.2, 0.25) is 0 Å². The third-order valence-electron chi connectivity index (χ3n) is 4.47. The van der Waals surface area contributed by atoms with Crippen LogP contribution in [-0.4, -0.2) is 40.0 Å². The summed E-state index contributed by atoms with van der Waals surface area (Å²) in [6, 6.07) is 9.39. The van der Waals surface area contributed by atoms with E-state index in [4.69, 9.17) is 4.74 Å². The van der Waals surface area contributed by atoms with Crippen molar-refractivity contribution in [1.82, 2.24) is 14.9 Å². The molecule has 0 spiro atoms. The van der Waals surface area contributed by atoms with Crippen molar-refractivity contribution in [1.29, 1.82) is 0 Å². The van der Waals surface area contributed by atoms with Gasteiger partial charge in [0.05, 0.1) is 11.8 Å². The molecule has 1 aromatic heterocycles. The molecule has 1 aliphatic rings. The van der Waals surface area contributed by atoms with E-state index in [1.165, 1.54) is 6.33 Å². The minimum atomic E-state index is -0.0333. The number of hydrogen-bond acceptors (Lipinski definition) is 5. The lowest BCUT2D eigenvalue weighted by molar-refractivity contribution is 0.0691. The highest BCUT2D eigenvalue weighted by Crippen LogP contribution is 2.27. The van der Waals surface area contributed by atoms with E-state index in [1.807, 2.05) is 43.0 Å². The highest BCUT2D eigenvalue weighted by Gasteiger charge is 2.22. The molecular weight excluding hydrogens is 328 g/mol. The molecule has 1 aromatic carbocycles. The van der Waals surface area contributed by atoms with Crippen molar-refractivity contribution in [2.45, 2.75) is 39.7 Å². The van der Waals surface area contributed by atoms with Gasteiger partial charge in [-0.15, -0.1) is 0 Å². The number of amides is 1. The van der Waals surface area contributed by atoms with Crippen LogP contribution in [0, 0.1) is 5.92 Å². The van der Waals surface area contributed by atoms with Crippen molar-refractivity contribution in [2.75, 3.05) is 18.4 Å². The number of nitrogens with zero attached hydrogens (tertiary/aromatic N) is 3. The number of carbonyl (C=O) groups is 1. The maximum Gasteiger partial charge on any atom is 0.272 e. The van der Waals surface area contributed by atoms with Crippen LogP contribution in [0.3, 0.4) is 0 Å². The summed E-state index contributed by atoms with van der Waals surface area (Å²) in [5.41, 5.74) is 1.23. The van der Waals surface area contributed by atoms with Gasteiger partial charge in [-0.05, 0) is 44.7 Å². The number of nitrogens with one attached hydrogen (secondary N) is 1. The molecule has 3 rings (SSSR count). The zero-order valence-corrected chi connectivity index (χ0v) is 15.6. The molecule has 1 N–H and O–H groups in total. The number of ether oxygens (including phenoxy) is 1. The smallest absolute Gasteiger partial charge is 0.272 e. The zero-order valence-electron chi connectivity index (χ0n) is 15.6. The van der Waals surface area contributed by atoms with Gasteiger partial charge in [-0.1, -0.05) is 19.1 Å². The lowest BCUT2D eigenvalue weighted by atomic mass is 9.99. The van der Waals surface area contributed by atoms with Crippen LogP contribution in [0.2, 0.25) is 0 Å². The number of aromatic nitrogens is 2. The van der Waals surface area contributed by atoms with Gasteiger partial charge >= 0.3 is 0 Å². The van der Waals surface area contributed by atoms with Gasteiger partial charge in [0.25, 0.3) is 5.91 Å². The van der Waals surface area contributed by atoms with Gasteiger partial charge in [0.1, 0.15) is 23.6 Å². The zero-order chi connectivity index (χ0) is 18.5. The van der Waals surface area contributed by atoms with Crippen LogP contribution in [-0.2, 0) is 0 Å². The van der Waals surface area contributed by atoms with Crippen LogP contribution in [0.1, 0.15) is 44.1 Å². The molecule has 26 heavy (non-hydrogen) atoms. The van der Waals surface area contributed by atoms with Crippen LogP contribution in [0.15, 0.2) is 36.7 Å². The molecule has 6 heteroatoms. The summed E-state index contributed by atoms with van der Waals surface area (Å²) in [6.07, 6.45) is 3.58. The van der Waals surface area contributed by atoms with Crippen molar-refractivity contribution in [3.63, 3.8) is 0 Å². The Bertz CT molecular complexity index is 755. The number of benzene rings is 1. The van der Waals surface area contributed by atoms with E-state index in [9.17, 15) is 4.79 Å². The van der Waals surface area contributed by atoms with Gasteiger partial charge < -0.3 is 15.0 Å². The summed E-state index contributed by atoms with van der Waals surface area (Å²) in [6.45, 7) is 7.77. The Morgan fingerprint density at radius 3 is 2.69 bits per heavy atom. The number of likely N-dealkylation sites (tertiary alicyclic amines) is 1. The SMILES string of the molecule is CC1CCN(C(=O)c2cc(Nc3ccccc3OC(C)C)ncn2)CC1. The first-order valence-electron chi connectivity index (χ1n) is 9.17. The van der Waals surface area contributed by atoms with Crippen molar-refractivity contribution < 1.29 is 9.53 Å². The summed E-state index contributed by atoms with van der Waals surface area (Å²) in [4.78, 5) is 23.0. The quantitative estimate of drug-likeness (QED) is 0.882. The molecule has 1 aliphatic heterocycles. The third-order valence-corrected chi connectivity index (χ3v) is 4.47. The molecule has 0 aliphatic carbocycles. The molecule has 1 amide bonds. The van der Waals surface area contributed by atoms with Crippen LogP contribution in [0.5, 0.6) is 5.75 Å². The molecule has 0 bridgehead atoms. The van der Waals surface area contributed by atoms with Crippen LogP contribution >= 0.6 is 0 Å². The Morgan fingerprint density at radius 1 is 1.23 bits per heavy atom. The second kappa shape index (κ2) is 8.17. The average Bonchev–Trinajstić information content (AvgIpc) is 2.63. The molecule has 2 aromatic rings. The summed E-state index contributed by atoms with van der Waals surface area (Å²) in [7, 11) is 0. The molecule has 138 valence electrons. The molecule has 0 unspecified atom stereocenters. The van der Waals surface area contributed by atoms with E-state index < -0.39 is 0 Å². The van der Waals surface area contributed by atoms with E-state index in [0.29, 0.717) is 17.4 Å². The molecule has 6 nitrogen and oxygen atoms in total. The maximum atomic E-state index is 12.7. The fraction of sp³-hybridized carbons (Fsp3) is 0.450. The van der Waals surface area contributed by atoms with E-state index in [1.54, 1.807) is 6.07 Å². The number of anilines is 2.